The van der Waals surface area contributed by atoms with Crippen LogP contribution in [0.1, 0.15) is 78.1 Å². The van der Waals surface area contributed by atoms with E-state index in [-0.39, 0.29) is 29.6 Å². The van der Waals surface area contributed by atoms with Crippen molar-refractivity contribution in [1.29, 1.82) is 0 Å². The SMILES string of the molecule is CCCCCCCCCCC(C)CC=S(=O)([O-])O.[Na+]. The van der Waals surface area contributed by atoms with Gasteiger partial charge in [-0.3, -0.25) is 4.21 Å². The van der Waals surface area contributed by atoms with Gasteiger partial charge in [-0.05, 0) is 17.7 Å². The Kier molecular flexibility index (Phi) is 16.3. The zero-order valence-corrected chi connectivity index (χ0v) is 15.7. The third kappa shape index (κ3) is 18.9. The van der Waals surface area contributed by atoms with E-state index in [1.165, 1.54) is 44.9 Å². The Hall–Kier alpha value is 0.940. The van der Waals surface area contributed by atoms with Crippen LogP contribution in [-0.4, -0.2) is 18.7 Å². The molecule has 0 aliphatic rings. The van der Waals surface area contributed by atoms with Gasteiger partial charge in [0.2, 0.25) is 0 Å². The van der Waals surface area contributed by atoms with Crippen LogP contribution in [-0.2, 0) is 10.1 Å². The summed E-state index contributed by atoms with van der Waals surface area (Å²) in [6.45, 7) is 4.26. The summed E-state index contributed by atoms with van der Waals surface area (Å²) >= 11 is 0. The minimum Gasteiger partial charge on any atom is -0.757 e. The second kappa shape index (κ2) is 13.9. The molecule has 0 spiro atoms. The summed E-state index contributed by atoms with van der Waals surface area (Å²) in [5.41, 5.74) is 0. The Morgan fingerprint density at radius 1 is 1.11 bits per heavy atom. The standard InChI is InChI=1S/C14H30O3S.Na/c1-3-4-5-6-7-8-9-10-11-14(2)12-13-18(15,16)17;/h13-14H,3-12H2,1-2H3,(H2,15,16,17);/q;+1/p-1. The van der Waals surface area contributed by atoms with Gasteiger partial charge in [-0.1, -0.05) is 71.6 Å². The number of hydrogen-bond donors (Lipinski definition) is 1. The Balaban J connectivity index is 0. The molecule has 0 amide bonds. The first-order valence-corrected chi connectivity index (χ1v) is 8.76. The third-order valence-corrected chi connectivity index (χ3v) is 3.87. The fourth-order valence-corrected chi connectivity index (χ4v) is 2.60. The average Bonchev–Trinajstić information content (AvgIpc) is 2.29. The van der Waals surface area contributed by atoms with Crippen LogP contribution in [0.4, 0.5) is 0 Å². The van der Waals surface area contributed by atoms with Crippen molar-refractivity contribution in [3.05, 3.63) is 0 Å². The molecule has 19 heavy (non-hydrogen) atoms. The molecule has 2 unspecified atom stereocenters. The van der Waals surface area contributed by atoms with Crippen molar-refractivity contribution in [2.24, 2.45) is 5.92 Å². The topological polar surface area (TPSA) is 60.4 Å². The molecule has 0 aromatic heterocycles. The van der Waals surface area contributed by atoms with E-state index in [4.69, 9.17) is 4.55 Å². The molecule has 0 aromatic rings. The van der Waals surface area contributed by atoms with Crippen LogP contribution in [0, 0.1) is 5.92 Å². The predicted octanol–water partition coefficient (Wildman–Crippen LogP) is 1.24. The smallest absolute Gasteiger partial charge is 0.757 e. The number of hydrogen-bond acceptors (Lipinski definition) is 2. The van der Waals surface area contributed by atoms with Gasteiger partial charge in [0.1, 0.15) is 0 Å². The normalized spacial score (nSPS) is 15.4. The van der Waals surface area contributed by atoms with Crippen LogP contribution in [0.2, 0.25) is 0 Å². The zero-order valence-electron chi connectivity index (χ0n) is 12.9. The van der Waals surface area contributed by atoms with Gasteiger partial charge in [-0.2, -0.15) is 0 Å². The molecule has 0 aromatic carbocycles. The molecule has 110 valence electrons. The quantitative estimate of drug-likeness (QED) is 0.355. The molecule has 0 heterocycles. The number of rotatable bonds is 11. The first-order valence-electron chi connectivity index (χ1n) is 7.26. The van der Waals surface area contributed by atoms with Gasteiger partial charge in [0.15, 0.2) is 0 Å². The molecular weight excluding hydrogens is 271 g/mol. The summed E-state index contributed by atoms with van der Waals surface area (Å²) in [4.78, 5) is 0. The van der Waals surface area contributed by atoms with E-state index < -0.39 is 10.1 Å². The van der Waals surface area contributed by atoms with Gasteiger partial charge < -0.3 is 9.11 Å². The molecule has 0 bridgehead atoms. The van der Waals surface area contributed by atoms with Gasteiger partial charge in [0, 0.05) is 10.1 Å². The van der Waals surface area contributed by atoms with E-state index in [9.17, 15) is 8.76 Å². The fraction of sp³-hybridized carbons (Fsp3) is 0.929. The minimum absolute atomic E-state index is 0. The first kappa shape index (κ1) is 22.2. The van der Waals surface area contributed by atoms with Crippen LogP contribution in [0.15, 0.2) is 0 Å². The van der Waals surface area contributed by atoms with Crippen molar-refractivity contribution in [3.63, 3.8) is 0 Å². The Labute approximate surface area is 141 Å². The summed E-state index contributed by atoms with van der Waals surface area (Å²) in [5, 5.41) is 1.02. The second-order valence-corrected chi connectivity index (χ2v) is 6.65. The molecule has 0 saturated carbocycles. The van der Waals surface area contributed by atoms with Gasteiger partial charge in [-0.25, -0.2) is 0 Å². The maximum atomic E-state index is 10.5. The van der Waals surface area contributed by atoms with E-state index in [0.29, 0.717) is 12.3 Å². The van der Waals surface area contributed by atoms with E-state index in [1.807, 2.05) is 6.92 Å². The van der Waals surface area contributed by atoms with Crippen LogP contribution in [0.3, 0.4) is 0 Å². The van der Waals surface area contributed by atoms with Gasteiger partial charge in [0.05, 0.1) is 0 Å². The molecule has 0 aliphatic heterocycles. The van der Waals surface area contributed by atoms with Crippen LogP contribution < -0.4 is 29.6 Å². The van der Waals surface area contributed by atoms with Gasteiger partial charge >= 0.3 is 29.6 Å². The largest absolute Gasteiger partial charge is 1.00 e. The summed E-state index contributed by atoms with van der Waals surface area (Å²) < 4.78 is 29.7. The van der Waals surface area contributed by atoms with Crippen molar-refractivity contribution >= 4 is 15.5 Å². The molecule has 0 radical (unpaired) electrons. The van der Waals surface area contributed by atoms with Gasteiger partial charge in [-0.15, -0.1) is 0 Å². The number of unbranched alkanes of at least 4 members (excludes halogenated alkanes) is 7. The molecule has 1 N–H and O–H groups in total. The molecule has 5 heteroatoms. The fourth-order valence-electron chi connectivity index (χ4n) is 2.03. The average molecular weight is 300 g/mol. The second-order valence-electron chi connectivity index (χ2n) is 5.29. The van der Waals surface area contributed by atoms with Gasteiger partial charge in [0.25, 0.3) is 0 Å². The summed E-state index contributed by atoms with van der Waals surface area (Å²) in [6.07, 6.45) is 11.9. The molecule has 0 rings (SSSR count). The van der Waals surface area contributed by atoms with E-state index in [1.54, 1.807) is 0 Å². The predicted molar refractivity (Wildman–Crippen MR) is 78.6 cm³/mol. The van der Waals surface area contributed by atoms with Crippen LogP contribution in [0.25, 0.3) is 0 Å². The molecule has 0 saturated heterocycles. The van der Waals surface area contributed by atoms with Crippen molar-refractivity contribution < 1.29 is 42.9 Å². The van der Waals surface area contributed by atoms with Crippen molar-refractivity contribution in [2.75, 3.05) is 0 Å². The first-order chi connectivity index (χ1) is 8.45. The summed E-state index contributed by atoms with van der Waals surface area (Å²) in [6, 6.07) is 0. The Bertz CT molecular complexity index is 291. The molecule has 0 fully saturated rings. The third-order valence-electron chi connectivity index (χ3n) is 3.26. The van der Waals surface area contributed by atoms with E-state index >= 15 is 0 Å². The van der Waals surface area contributed by atoms with Crippen LogP contribution >= 0.6 is 0 Å². The van der Waals surface area contributed by atoms with Crippen molar-refractivity contribution in [3.8, 4) is 0 Å². The maximum absolute atomic E-state index is 10.5. The van der Waals surface area contributed by atoms with Crippen LogP contribution in [0.5, 0.6) is 0 Å². The zero-order chi connectivity index (χ0) is 13.9. The monoisotopic (exact) mass is 300 g/mol. The van der Waals surface area contributed by atoms with E-state index in [2.05, 4.69) is 6.92 Å². The van der Waals surface area contributed by atoms with Crippen molar-refractivity contribution in [1.82, 2.24) is 0 Å². The molecule has 2 atom stereocenters. The molecule has 3 nitrogen and oxygen atoms in total. The van der Waals surface area contributed by atoms with Crippen molar-refractivity contribution in [2.45, 2.75) is 78.1 Å². The summed E-state index contributed by atoms with van der Waals surface area (Å²) in [5.74, 6) is 0.340. The maximum Gasteiger partial charge on any atom is 1.00 e. The Morgan fingerprint density at radius 2 is 1.58 bits per heavy atom. The minimum atomic E-state index is -3.89. The Morgan fingerprint density at radius 3 is 2.05 bits per heavy atom. The molecule has 0 aliphatic carbocycles. The molecular formula is C14H29NaO3S. The van der Waals surface area contributed by atoms with E-state index in [0.717, 1.165) is 18.2 Å². The summed E-state index contributed by atoms with van der Waals surface area (Å²) in [7, 11) is -3.89.